The Bertz CT molecular complexity index is 280. The number of likely N-dealkylation sites (tertiary alicyclic amines) is 1. The van der Waals surface area contributed by atoms with Gasteiger partial charge in [-0.2, -0.15) is 0 Å². The number of carbonyl (C=O) groups excluding carboxylic acids is 2. The zero-order chi connectivity index (χ0) is 10.8. The summed E-state index contributed by atoms with van der Waals surface area (Å²) in [6.07, 6.45) is 2.23. The molecule has 2 atom stereocenters. The molecule has 2 heterocycles. The molecule has 2 rings (SSSR count). The molecule has 2 aliphatic rings. The van der Waals surface area contributed by atoms with Crippen molar-refractivity contribution in [3.63, 3.8) is 0 Å². The minimum absolute atomic E-state index is 0.0420. The van der Waals surface area contributed by atoms with E-state index in [0.717, 1.165) is 12.8 Å². The summed E-state index contributed by atoms with van der Waals surface area (Å²) >= 11 is 0. The first kappa shape index (κ1) is 10.4. The SMILES string of the molecule is O=C1CC[C@@H](C(=O)N2CCC[C@H](O)C2)N1. The summed E-state index contributed by atoms with van der Waals surface area (Å²) in [6, 6.07) is -0.359. The largest absolute Gasteiger partial charge is 0.391 e. The van der Waals surface area contributed by atoms with Crippen LogP contribution >= 0.6 is 0 Å². The van der Waals surface area contributed by atoms with E-state index in [1.54, 1.807) is 4.90 Å². The summed E-state index contributed by atoms with van der Waals surface area (Å²) in [5, 5.41) is 12.1. The van der Waals surface area contributed by atoms with Crippen LogP contribution in [0.4, 0.5) is 0 Å². The number of β-amino-alcohol motifs (C(OH)–C–C–N with tert-alkyl or cyclic N) is 1. The van der Waals surface area contributed by atoms with Crippen molar-refractivity contribution < 1.29 is 14.7 Å². The maximum Gasteiger partial charge on any atom is 0.245 e. The lowest BCUT2D eigenvalue weighted by atomic mass is 10.1. The molecule has 0 aromatic rings. The summed E-state index contributed by atoms with van der Waals surface area (Å²) in [5.41, 5.74) is 0. The minimum atomic E-state index is -0.403. The van der Waals surface area contributed by atoms with E-state index in [1.807, 2.05) is 0 Å². The van der Waals surface area contributed by atoms with E-state index < -0.39 is 6.10 Å². The van der Waals surface area contributed by atoms with E-state index in [0.29, 0.717) is 25.9 Å². The van der Waals surface area contributed by atoms with Crippen molar-refractivity contribution in [1.82, 2.24) is 10.2 Å². The molecule has 0 aromatic carbocycles. The molecule has 15 heavy (non-hydrogen) atoms. The smallest absolute Gasteiger partial charge is 0.245 e. The molecular formula is C10H16N2O3. The second kappa shape index (κ2) is 4.18. The molecule has 5 nitrogen and oxygen atoms in total. The van der Waals surface area contributed by atoms with Crippen molar-refractivity contribution in [2.75, 3.05) is 13.1 Å². The minimum Gasteiger partial charge on any atom is -0.391 e. The summed E-state index contributed by atoms with van der Waals surface area (Å²) in [6.45, 7) is 1.10. The Balaban J connectivity index is 1.92. The second-order valence-electron chi connectivity index (χ2n) is 4.24. The third-order valence-electron chi connectivity index (χ3n) is 3.00. The summed E-state index contributed by atoms with van der Waals surface area (Å²) in [4.78, 5) is 24.5. The number of piperidine rings is 1. The number of carbonyl (C=O) groups is 2. The van der Waals surface area contributed by atoms with Crippen LogP contribution in [0.15, 0.2) is 0 Å². The Morgan fingerprint density at radius 2 is 2.27 bits per heavy atom. The fourth-order valence-corrected chi connectivity index (χ4v) is 2.17. The van der Waals surface area contributed by atoms with Crippen LogP contribution in [0, 0.1) is 0 Å². The Morgan fingerprint density at radius 1 is 1.47 bits per heavy atom. The van der Waals surface area contributed by atoms with Crippen LogP contribution in [-0.2, 0) is 9.59 Å². The van der Waals surface area contributed by atoms with Crippen LogP contribution in [0.5, 0.6) is 0 Å². The van der Waals surface area contributed by atoms with E-state index >= 15 is 0 Å². The first-order chi connectivity index (χ1) is 7.16. The van der Waals surface area contributed by atoms with Gasteiger partial charge in [0.1, 0.15) is 6.04 Å². The van der Waals surface area contributed by atoms with Crippen LogP contribution in [0.25, 0.3) is 0 Å². The summed E-state index contributed by atoms with van der Waals surface area (Å²) in [7, 11) is 0. The van der Waals surface area contributed by atoms with Gasteiger partial charge in [0.25, 0.3) is 0 Å². The van der Waals surface area contributed by atoms with E-state index in [2.05, 4.69) is 5.32 Å². The van der Waals surface area contributed by atoms with Crippen LogP contribution in [0.1, 0.15) is 25.7 Å². The van der Waals surface area contributed by atoms with E-state index in [-0.39, 0.29) is 17.9 Å². The predicted molar refractivity (Wildman–Crippen MR) is 53.0 cm³/mol. The standard InChI is InChI=1S/C10H16N2O3/c13-7-2-1-5-12(6-7)10(15)8-3-4-9(14)11-8/h7-8,13H,1-6H2,(H,11,14)/t7-,8-/m0/s1. The van der Waals surface area contributed by atoms with E-state index in [1.165, 1.54) is 0 Å². The number of amides is 2. The van der Waals surface area contributed by atoms with Crippen molar-refractivity contribution in [2.45, 2.75) is 37.8 Å². The third kappa shape index (κ3) is 2.28. The fraction of sp³-hybridized carbons (Fsp3) is 0.800. The zero-order valence-electron chi connectivity index (χ0n) is 8.61. The molecule has 0 spiro atoms. The number of hydrogen-bond donors (Lipinski definition) is 2. The van der Waals surface area contributed by atoms with Gasteiger partial charge < -0.3 is 15.3 Å². The quantitative estimate of drug-likeness (QED) is 0.601. The maximum atomic E-state index is 11.9. The molecule has 0 bridgehead atoms. The number of hydrogen-bond acceptors (Lipinski definition) is 3. The second-order valence-corrected chi connectivity index (χ2v) is 4.24. The Hall–Kier alpha value is -1.10. The number of aliphatic hydroxyl groups is 1. The van der Waals surface area contributed by atoms with Crippen LogP contribution in [-0.4, -0.2) is 47.1 Å². The summed E-state index contributed by atoms with van der Waals surface area (Å²) in [5.74, 6) is -0.0921. The number of nitrogens with zero attached hydrogens (tertiary/aromatic N) is 1. The molecule has 2 N–H and O–H groups in total. The van der Waals surface area contributed by atoms with Gasteiger partial charge in [-0.1, -0.05) is 0 Å². The third-order valence-corrected chi connectivity index (χ3v) is 3.00. The average molecular weight is 212 g/mol. The van der Waals surface area contributed by atoms with Crippen molar-refractivity contribution in [2.24, 2.45) is 0 Å². The molecule has 2 amide bonds. The molecule has 2 fully saturated rings. The average Bonchev–Trinajstić information content (AvgIpc) is 2.64. The van der Waals surface area contributed by atoms with Gasteiger partial charge in [-0.3, -0.25) is 9.59 Å². The molecule has 0 unspecified atom stereocenters. The summed E-state index contributed by atoms with van der Waals surface area (Å²) < 4.78 is 0. The molecule has 2 aliphatic heterocycles. The highest BCUT2D eigenvalue weighted by molar-refractivity contribution is 5.90. The Labute approximate surface area is 88.4 Å². The lowest BCUT2D eigenvalue weighted by Gasteiger charge is -2.31. The monoisotopic (exact) mass is 212 g/mol. The van der Waals surface area contributed by atoms with E-state index in [4.69, 9.17) is 0 Å². The van der Waals surface area contributed by atoms with Crippen molar-refractivity contribution in [3.05, 3.63) is 0 Å². The van der Waals surface area contributed by atoms with Crippen molar-refractivity contribution in [1.29, 1.82) is 0 Å². The maximum absolute atomic E-state index is 11.9. The Kier molecular flexibility index (Phi) is 2.90. The van der Waals surface area contributed by atoms with Gasteiger partial charge in [0, 0.05) is 19.5 Å². The van der Waals surface area contributed by atoms with Gasteiger partial charge in [0.2, 0.25) is 11.8 Å². The Morgan fingerprint density at radius 3 is 2.87 bits per heavy atom. The molecule has 0 radical (unpaired) electrons. The van der Waals surface area contributed by atoms with E-state index in [9.17, 15) is 14.7 Å². The molecule has 0 aromatic heterocycles. The normalized spacial score (nSPS) is 31.5. The molecule has 5 heteroatoms. The van der Waals surface area contributed by atoms with Gasteiger partial charge in [-0.05, 0) is 19.3 Å². The molecule has 0 saturated carbocycles. The number of nitrogens with one attached hydrogen (secondary N) is 1. The molecular weight excluding hydrogens is 196 g/mol. The van der Waals surface area contributed by atoms with Gasteiger partial charge in [-0.15, -0.1) is 0 Å². The molecule has 2 saturated heterocycles. The fourth-order valence-electron chi connectivity index (χ4n) is 2.17. The van der Waals surface area contributed by atoms with Gasteiger partial charge in [0.15, 0.2) is 0 Å². The first-order valence-corrected chi connectivity index (χ1v) is 5.43. The van der Waals surface area contributed by atoms with Gasteiger partial charge in [-0.25, -0.2) is 0 Å². The van der Waals surface area contributed by atoms with Crippen molar-refractivity contribution >= 4 is 11.8 Å². The van der Waals surface area contributed by atoms with Gasteiger partial charge in [0.05, 0.1) is 6.10 Å². The zero-order valence-corrected chi connectivity index (χ0v) is 8.61. The molecule has 84 valence electrons. The highest BCUT2D eigenvalue weighted by Gasteiger charge is 2.32. The van der Waals surface area contributed by atoms with Gasteiger partial charge >= 0.3 is 0 Å². The molecule has 0 aliphatic carbocycles. The van der Waals surface area contributed by atoms with Crippen LogP contribution in [0.2, 0.25) is 0 Å². The first-order valence-electron chi connectivity index (χ1n) is 5.43. The van der Waals surface area contributed by atoms with Crippen LogP contribution < -0.4 is 5.32 Å². The lowest BCUT2D eigenvalue weighted by Crippen LogP contribution is -2.49. The number of rotatable bonds is 1. The topological polar surface area (TPSA) is 69.6 Å². The number of aliphatic hydroxyl groups excluding tert-OH is 1. The van der Waals surface area contributed by atoms with Crippen LogP contribution in [0.3, 0.4) is 0 Å². The lowest BCUT2D eigenvalue weighted by molar-refractivity contribution is -0.137. The highest BCUT2D eigenvalue weighted by atomic mass is 16.3. The highest BCUT2D eigenvalue weighted by Crippen LogP contribution is 2.15. The van der Waals surface area contributed by atoms with Crippen molar-refractivity contribution in [3.8, 4) is 0 Å². The predicted octanol–water partition coefficient (Wildman–Crippen LogP) is -0.752.